The minimum absolute atomic E-state index is 0.0796. The predicted molar refractivity (Wildman–Crippen MR) is 98.0 cm³/mol. The van der Waals surface area contributed by atoms with Gasteiger partial charge in [-0.05, 0) is 32.3 Å². The van der Waals surface area contributed by atoms with Crippen LogP contribution in [0.1, 0.15) is 45.1 Å². The van der Waals surface area contributed by atoms with E-state index in [0.29, 0.717) is 12.6 Å². The van der Waals surface area contributed by atoms with Gasteiger partial charge in [-0.15, -0.1) is 0 Å². The van der Waals surface area contributed by atoms with Crippen molar-refractivity contribution in [2.75, 3.05) is 26.8 Å². The Kier molecular flexibility index (Phi) is 5.84. The normalized spacial score (nSPS) is 23.6. The molecule has 0 spiro atoms. The Morgan fingerprint density at radius 3 is 2.92 bits per heavy atom. The van der Waals surface area contributed by atoms with E-state index in [9.17, 15) is 4.79 Å². The van der Waals surface area contributed by atoms with E-state index in [4.69, 9.17) is 9.47 Å². The largest absolute Gasteiger partial charge is 0.493 e. The third kappa shape index (κ3) is 3.76. The first kappa shape index (κ1) is 18.1. The molecule has 1 aromatic rings. The Morgan fingerprint density at radius 2 is 2.16 bits per heavy atom. The van der Waals surface area contributed by atoms with Crippen LogP contribution in [0.3, 0.4) is 0 Å². The van der Waals surface area contributed by atoms with Crippen LogP contribution in [0.5, 0.6) is 11.5 Å². The molecule has 0 aromatic heterocycles. The van der Waals surface area contributed by atoms with Gasteiger partial charge in [-0.2, -0.15) is 0 Å². The molecule has 3 rings (SSSR count). The van der Waals surface area contributed by atoms with Crippen molar-refractivity contribution in [3.05, 3.63) is 23.8 Å². The second-order valence-electron chi connectivity index (χ2n) is 7.08. The zero-order chi connectivity index (χ0) is 17.8. The van der Waals surface area contributed by atoms with Gasteiger partial charge in [0.25, 0.3) is 0 Å². The summed E-state index contributed by atoms with van der Waals surface area (Å²) in [7, 11) is 1.68. The van der Waals surface area contributed by atoms with Crippen molar-refractivity contribution in [3.8, 4) is 11.5 Å². The minimum atomic E-state index is -0.0796. The lowest BCUT2D eigenvalue weighted by Crippen LogP contribution is -2.58. The molecule has 0 N–H and O–H groups in total. The van der Waals surface area contributed by atoms with Crippen LogP contribution in [0.15, 0.2) is 18.2 Å². The minimum Gasteiger partial charge on any atom is -0.493 e. The second-order valence-corrected chi connectivity index (χ2v) is 7.08. The van der Waals surface area contributed by atoms with Crippen LogP contribution in [0.2, 0.25) is 0 Å². The average Bonchev–Trinajstić information content (AvgIpc) is 3.09. The molecule has 0 radical (unpaired) electrons. The van der Waals surface area contributed by atoms with E-state index in [1.54, 1.807) is 7.11 Å². The van der Waals surface area contributed by atoms with E-state index in [0.717, 1.165) is 62.4 Å². The van der Waals surface area contributed by atoms with Crippen LogP contribution >= 0.6 is 0 Å². The maximum atomic E-state index is 12.7. The highest BCUT2D eigenvalue weighted by Gasteiger charge is 2.40. The van der Waals surface area contributed by atoms with Gasteiger partial charge in [0.15, 0.2) is 11.5 Å². The lowest BCUT2D eigenvalue weighted by Gasteiger charge is -2.41. The van der Waals surface area contributed by atoms with Crippen LogP contribution in [-0.2, 0) is 11.3 Å². The number of para-hydroxylation sites is 1. The standard InChI is InChI=1S/C20H30N2O3/c1-4-5-12-25-19-16(8-6-10-18(19)24-3)13-21-14-17-9-7-11-22(17)20(23)15(21)2/h6,8,10,15,17H,4-5,7,9,11-14H2,1-3H3/t15-,17-/m1/s1. The third-order valence-electron chi connectivity index (χ3n) is 5.41. The number of amides is 1. The lowest BCUT2D eigenvalue weighted by atomic mass is 10.1. The summed E-state index contributed by atoms with van der Waals surface area (Å²) < 4.78 is 11.5. The number of hydrogen-bond donors (Lipinski definition) is 0. The van der Waals surface area contributed by atoms with Crippen molar-refractivity contribution in [2.45, 2.75) is 58.2 Å². The fourth-order valence-corrected chi connectivity index (χ4v) is 3.89. The van der Waals surface area contributed by atoms with Crippen molar-refractivity contribution in [3.63, 3.8) is 0 Å². The molecule has 5 nitrogen and oxygen atoms in total. The van der Waals surface area contributed by atoms with Crippen molar-refractivity contribution >= 4 is 5.91 Å². The molecule has 0 unspecified atom stereocenters. The average molecular weight is 346 g/mol. The van der Waals surface area contributed by atoms with Gasteiger partial charge in [-0.3, -0.25) is 9.69 Å². The van der Waals surface area contributed by atoms with Gasteiger partial charge >= 0.3 is 0 Å². The molecular formula is C20H30N2O3. The lowest BCUT2D eigenvalue weighted by molar-refractivity contribution is -0.143. The molecule has 0 saturated carbocycles. The highest BCUT2D eigenvalue weighted by Crippen LogP contribution is 2.34. The molecule has 0 bridgehead atoms. The SMILES string of the molecule is CCCCOc1c(CN2C[C@H]3CCCN3C(=O)[C@H]2C)cccc1OC. The zero-order valence-electron chi connectivity index (χ0n) is 15.7. The van der Waals surface area contributed by atoms with E-state index in [1.165, 1.54) is 0 Å². The zero-order valence-corrected chi connectivity index (χ0v) is 15.7. The number of ether oxygens (including phenoxy) is 2. The molecule has 25 heavy (non-hydrogen) atoms. The Bertz CT molecular complexity index is 605. The maximum Gasteiger partial charge on any atom is 0.239 e. The monoisotopic (exact) mass is 346 g/mol. The summed E-state index contributed by atoms with van der Waals surface area (Å²) >= 11 is 0. The first-order chi connectivity index (χ1) is 12.2. The molecule has 2 saturated heterocycles. The summed E-state index contributed by atoms with van der Waals surface area (Å²) in [6.07, 6.45) is 4.36. The van der Waals surface area contributed by atoms with Crippen LogP contribution in [0, 0.1) is 0 Å². The Morgan fingerprint density at radius 1 is 1.32 bits per heavy atom. The number of rotatable bonds is 7. The van der Waals surface area contributed by atoms with Gasteiger partial charge in [0.2, 0.25) is 5.91 Å². The molecule has 2 fully saturated rings. The number of hydrogen-bond acceptors (Lipinski definition) is 4. The molecule has 2 atom stereocenters. The molecule has 0 aliphatic carbocycles. The fourth-order valence-electron chi connectivity index (χ4n) is 3.89. The molecular weight excluding hydrogens is 316 g/mol. The van der Waals surface area contributed by atoms with Crippen molar-refractivity contribution in [1.82, 2.24) is 9.80 Å². The number of fused-ring (bicyclic) bond motifs is 1. The summed E-state index contributed by atoms with van der Waals surface area (Å²) in [6, 6.07) is 6.32. The highest BCUT2D eigenvalue weighted by molar-refractivity contribution is 5.83. The second kappa shape index (κ2) is 8.09. The Hall–Kier alpha value is -1.75. The maximum absolute atomic E-state index is 12.7. The summed E-state index contributed by atoms with van der Waals surface area (Å²) in [6.45, 7) is 7.45. The summed E-state index contributed by atoms with van der Waals surface area (Å²) in [5.41, 5.74) is 1.10. The van der Waals surface area contributed by atoms with Gasteiger partial charge in [-0.1, -0.05) is 25.5 Å². The Balaban J connectivity index is 1.78. The third-order valence-corrected chi connectivity index (χ3v) is 5.41. The van der Waals surface area contributed by atoms with E-state index in [1.807, 2.05) is 19.1 Å². The number of methoxy groups -OCH3 is 1. The predicted octanol–water partition coefficient (Wildman–Crippen LogP) is 3.07. The van der Waals surface area contributed by atoms with Crippen LogP contribution in [-0.4, -0.2) is 54.6 Å². The molecule has 2 aliphatic rings. The Labute approximate surface area is 150 Å². The first-order valence-electron chi connectivity index (χ1n) is 9.49. The molecule has 138 valence electrons. The van der Waals surface area contributed by atoms with Gasteiger partial charge in [0, 0.05) is 31.2 Å². The van der Waals surface area contributed by atoms with Crippen LogP contribution in [0.25, 0.3) is 0 Å². The van der Waals surface area contributed by atoms with E-state index in [-0.39, 0.29) is 11.9 Å². The number of unbranched alkanes of at least 4 members (excludes halogenated alkanes) is 1. The van der Waals surface area contributed by atoms with E-state index < -0.39 is 0 Å². The molecule has 1 aromatic carbocycles. The van der Waals surface area contributed by atoms with Crippen molar-refractivity contribution in [2.24, 2.45) is 0 Å². The number of carbonyl (C=O) groups excluding carboxylic acids is 1. The summed E-state index contributed by atoms with van der Waals surface area (Å²) in [5, 5.41) is 0. The molecule has 2 heterocycles. The number of piperazine rings is 1. The number of nitrogens with zero attached hydrogens (tertiary/aromatic N) is 2. The van der Waals surface area contributed by atoms with Crippen molar-refractivity contribution in [1.29, 1.82) is 0 Å². The van der Waals surface area contributed by atoms with Crippen molar-refractivity contribution < 1.29 is 14.3 Å². The van der Waals surface area contributed by atoms with Gasteiger partial charge in [0.1, 0.15) is 0 Å². The smallest absolute Gasteiger partial charge is 0.239 e. The molecule has 2 aliphatic heterocycles. The number of benzene rings is 1. The fraction of sp³-hybridized carbons (Fsp3) is 0.650. The molecule has 5 heteroatoms. The van der Waals surface area contributed by atoms with Crippen LogP contribution < -0.4 is 9.47 Å². The quantitative estimate of drug-likeness (QED) is 0.712. The van der Waals surface area contributed by atoms with E-state index >= 15 is 0 Å². The number of carbonyl (C=O) groups is 1. The topological polar surface area (TPSA) is 42.0 Å². The van der Waals surface area contributed by atoms with Gasteiger partial charge in [0.05, 0.1) is 19.8 Å². The van der Waals surface area contributed by atoms with Crippen LogP contribution in [0.4, 0.5) is 0 Å². The first-order valence-corrected chi connectivity index (χ1v) is 9.49. The van der Waals surface area contributed by atoms with Gasteiger partial charge in [-0.25, -0.2) is 0 Å². The van der Waals surface area contributed by atoms with Gasteiger partial charge < -0.3 is 14.4 Å². The summed E-state index contributed by atoms with van der Waals surface area (Å²) in [4.78, 5) is 17.0. The van der Waals surface area contributed by atoms with E-state index in [2.05, 4.69) is 22.8 Å². The highest BCUT2D eigenvalue weighted by atomic mass is 16.5. The molecule has 1 amide bonds. The summed E-state index contributed by atoms with van der Waals surface area (Å²) in [5.74, 6) is 1.86.